The van der Waals surface area contributed by atoms with Crippen LogP contribution in [0.5, 0.6) is 0 Å². The maximum atomic E-state index is 10.2. The largest absolute Gasteiger partial charge is 0.362 e. The minimum absolute atomic E-state index is 0.190. The van der Waals surface area contributed by atoms with Gasteiger partial charge in [-0.25, -0.2) is 0 Å². The van der Waals surface area contributed by atoms with E-state index in [1.165, 1.54) is 0 Å². The quantitative estimate of drug-likeness (QED) is 0.488. The van der Waals surface area contributed by atoms with Gasteiger partial charge in [-0.15, -0.1) is 0 Å². The standard InChI is InChI=1S/C6H12N2O2/c7-6-1-2-8(5-9)3-4-10-6/h5-6H,1-4,7H2. The molecule has 2 N–H and O–H groups in total. The fourth-order valence-corrected chi connectivity index (χ4v) is 0.915. The highest BCUT2D eigenvalue weighted by molar-refractivity contribution is 5.46. The third kappa shape index (κ3) is 1.97. The predicted molar refractivity (Wildman–Crippen MR) is 36.2 cm³/mol. The zero-order valence-corrected chi connectivity index (χ0v) is 5.82. The molecule has 0 aromatic carbocycles. The molecule has 58 valence electrons. The summed E-state index contributed by atoms with van der Waals surface area (Å²) in [6, 6.07) is 0. The molecule has 0 aromatic rings. The van der Waals surface area contributed by atoms with Crippen molar-refractivity contribution in [2.45, 2.75) is 12.6 Å². The highest BCUT2D eigenvalue weighted by atomic mass is 16.5. The molecule has 1 fully saturated rings. The van der Waals surface area contributed by atoms with Crippen LogP contribution >= 0.6 is 0 Å². The van der Waals surface area contributed by atoms with Crippen molar-refractivity contribution in [2.24, 2.45) is 5.73 Å². The number of nitrogens with zero attached hydrogens (tertiary/aromatic N) is 1. The van der Waals surface area contributed by atoms with Crippen LogP contribution in [0.1, 0.15) is 6.42 Å². The minimum Gasteiger partial charge on any atom is -0.362 e. The van der Waals surface area contributed by atoms with E-state index in [1.54, 1.807) is 4.90 Å². The van der Waals surface area contributed by atoms with Gasteiger partial charge in [-0.05, 0) is 0 Å². The number of amides is 1. The van der Waals surface area contributed by atoms with E-state index in [0.717, 1.165) is 12.8 Å². The van der Waals surface area contributed by atoms with Crippen LogP contribution in [-0.4, -0.2) is 37.2 Å². The molecular weight excluding hydrogens is 132 g/mol. The van der Waals surface area contributed by atoms with Gasteiger partial charge < -0.3 is 15.4 Å². The van der Waals surface area contributed by atoms with Crippen molar-refractivity contribution in [1.29, 1.82) is 0 Å². The lowest BCUT2D eigenvalue weighted by Crippen LogP contribution is -2.25. The first-order valence-corrected chi connectivity index (χ1v) is 3.39. The monoisotopic (exact) mass is 144 g/mol. The summed E-state index contributed by atoms with van der Waals surface area (Å²) in [5.41, 5.74) is 5.49. The van der Waals surface area contributed by atoms with Gasteiger partial charge >= 0.3 is 0 Å². The zero-order chi connectivity index (χ0) is 7.40. The van der Waals surface area contributed by atoms with Crippen LogP contribution in [-0.2, 0) is 9.53 Å². The Kier molecular flexibility index (Phi) is 2.65. The molecule has 4 nitrogen and oxygen atoms in total. The molecule has 0 aromatic heterocycles. The van der Waals surface area contributed by atoms with E-state index in [1.807, 2.05) is 0 Å². The van der Waals surface area contributed by atoms with Crippen LogP contribution in [0.2, 0.25) is 0 Å². The maximum absolute atomic E-state index is 10.2. The fraction of sp³-hybridized carbons (Fsp3) is 0.833. The van der Waals surface area contributed by atoms with Gasteiger partial charge in [-0.1, -0.05) is 0 Å². The zero-order valence-electron chi connectivity index (χ0n) is 5.82. The van der Waals surface area contributed by atoms with E-state index >= 15 is 0 Å². The Morgan fingerprint density at radius 3 is 3.10 bits per heavy atom. The van der Waals surface area contributed by atoms with E-state index in [2.05, 4.69) is 0 Å². The molecule has 10 heavy (non-hydrogen) atoms. The highest BCUT2D eigenvalue weighted by Gasteiger charge is 2.11. The average Bonchev–Trinajstić information content (AvgIpc) is 2.14. The second kappa shape index (κ2) is 3.53. The van der Waals surface area contributed by atoms with Gasteiger partial charge in [-0.2, -0.15) is 0 Å². The number of rotatable bonds is 1. The summed E-state index contributed by atoms with van der Waals surface area (Å²) < 4.78 is 5.11. The van der Waals surface area contributed by atoms with E-state index < -0.39 is 0 Å². The van der Waals surface area contributed by atoms with E-state index in [0.29, 0.717) is 19.7 Å². The fourth-order valence-electron chi connectivity index (χ4n) is 0.915. The van der Waals surface area contributed by atoms with Gasteiger partial charge in [0.2, 0.25) is 6.41 Å². The summed E-state index contributed by atoms with van der Waals surface area (Å²) in [5.74, 6) is 0. The third-order valence-electron chi connectivity index (χ3n) is 1.56. The highest BCUT2D eigenvalue weighted by Crippen LogP contribution is 1.99. The van der Waals surface area contributed by atoms with Crippen molar-refractivity contribution in [2.75, 3.05) is 19.7 Å². The lowest BCUT2D eigenvalue weighted by atomic mass is 10.4. The molecule has 1 saturated heterocycles. The lowest BCUT2D eigenvalue weighted by Gasteiger charge is -2.11. The smallest absolute Gasteiger partial charge is 0.209 e. The first-order chi connectivity index (χ1) is 4.83. The van der Waals surface area contributed by atoms with Crippen molar-refractivity contribution < 1.29 is 9.53 Å². The molecule has 1 aliphatic heterocycles. The van der Waals surface area contributed by atoms with Crippen LogP contribution in [0.4, 0.5) is 0 Å². The van der Waals surface area contributed by atoms with Crippen LogP contribution in [0.3, 0.4) is 0 Å². The van der Waals surface area contributed by atoms with Gasteiger partial charge in [0.25, 0.3) is 0 Å². The molecule has 0 saturated carbocycles. The minimum atomic E-state index is -0.190. The molecule has 0 bridgehead atoms. The first-order valence-electron chi connectivity index (χ1n) is 3.39. The third-order valence-corrected chi connectivity index (χ3v) is 1.56. The van der Waals surface area contributed by atoms with Crippen molar-refractivity contribution >= 4 is 6.41 Å². The van der Waals surface area contributed by atoms with Gasteiger partial charge in [0.05, 0.1) is 6.61 Å². The topological polar surface area (TPSA) is 55.6 Å². The van der Waals surface area contributed by atoms with E-state index in [4.69, 9.17) is 10.5 Å². The van der Waals surface area contributed by atoms with Crippen LogP contribution in [0, 0.1) is 0 Å². The van der Waals surface area contributed by atoms with Crippen LogP contribution in [0.25, 0.3) is 0 Å². The van der Waals surface area contributed by atoms with E-state index in [-0.39, 0.29) is 6.23 Å². The van der Waals surface area contributed by atoms with Gasteiger partial charge in [0, 0.05) is 19.5 Å². The number of hydrogen-bond acceptors (Lipinski definition) is 3. The first kappa shape index (κ1) is 7.50. The maximum Gasteiger partial charge on any atom is 0.209 e. The normalized spacial score (nSPS) is 27.7. The Bertz CT molecular complexity index is 118. The Balaban J connectivity index is 2.32. The summed E-state index contributed by atoms with van der Waals surface area (Å²) >= 11 is 0. The molecule has 1 atom stereocenters. The number of carbonyl (C=O) groups is 1. The number of nitrogens with two attached hydrogens (primary N) is 1. The Morgan fingerprint density at radius 2 is 2.40 bits per heavy atom. The van der Waals surface area contributed by atoms with Crippen molar-refractivity contribution in [3.63, 3.8) is 0 Å². The SMILES string of the molecule is NC1CCN(C=O)CCO1. The molecule has 1 aliphatic rings. The number of ether oxygens (including phenoxy) is 1. The average molecular weight is 144 g/mol. The number of hydrogen-bond donors (Lipinski definition) is 1. The van der Waals surface area contributed by atoms with Gasteiger partial charge in [0.15, 0.2) is 0 Å². The van der Waals surface area contributed by atoms with Gasteiger partial charge in [-0.3, -0.25) is 4.79 Å². The molecule has 1 amide bonds. The molecular formula is C6H12N2O2. The second-order valence-corrected chi connectivity index (χ2v) is 2.34. The molecule has 4 heteroatoms. The van der Waals surface area contributed by atoms with Crippen molar-refractivity contribution in [3.8, 4) is 0 Å². The Morgan fingerprint density at radius 1 is 1.60 bits per heavy atom. The molecule has 0 radical (unpaired) electrons. The molecule has 1 unspecified atom stereocenters. The summed E-state index contributed by atoms with van der Waals surface area (Å²) in [5, 5.41) is 0. The van der Waals surface area contributed by atoms with Crippen LogP contribution < -0.4 is 5.73 Å². The molecule has 0 aliphatic carbocycles. The number of carbonyl (C=O) groups excluding carboxylic acids is 1. The Labute approximate surface area is 59.9 Å². The lowest BCUT2D eigenvalue weighted by molar-refractivity contribution is -0.118. The Hall–Kier alpha value is -0.610. The predicted octanol–water partition coefficient (Wildman–Crippen LogP) is -0.850. The summed E-state index contributed by atoms with van der Waals surface area (Å²) in [6.45, 7) is 1.93. The summed E-state index contributed by atoms with van der Waals surface area (Å²) in [6.07, 6.45) is 1.38. The molecule has 1 heterocycles. The summed E-state index contributed by atoms with van der Waals surface area (Å²) in [4.78, 5) is 11.9. The van der Waals surface area contributed by atoms with E-state index in [9.17, 15) is 4.79 Å². The summed E-state index contributed by atoms with van der Waals surface area (Å²) in [7, 11) is 0. The second-order valence-electron chi connectivity index (χ2n) is 2.34. The molecule has 1 rings (SSSR count). The molecule has 0 spiro atoms. The van der Waals surface area contributed by atoms with Crippen LogP contribution in [0.15, 0.2) is 0 Å². The van der Waals surface area contributed by atoms with Gasteiger partial charge in [0.1, 0.15) is 6.23 Å². The van der Waals surface area contributed by atoms with Crippen molar-refractivity contribution in [3.05, 3.63) is 0 Å². The van der Waals surface area contributed by atoms with Crippen molar-refractivity contribution in [1.82, 2.24) is 4.90 Å².